The van der Waals surface area contributed by atoms with Gasteiger partial charge in [0, 0.05) is 0 Å². The van der Waals surface area contributed by atoms with Gasteiger partial charge < -0.3 is 0 Å². The van der Waals surface area contributed by atoms with E-state index in [0.29, 0.717) is 12.2 Å². The third-order valence-electron chi connectivity index (χ3n) is 1.19. The van der Waals surface area contributed by atoms with Crippen LogP contribution < -0.4 is 0 Å². The second-order valence-electron chi connectivity index (χ2n) is 2.09. The fourth-order valence-corrected chi connectivity index (χ4v) is 2.27. The zero-order chi connectivity index (χ0) is 6.20. The van der Waals surface area contributed by atoms with Crippen molar-refractivity contribution in [2.24, 2.45) is 0 Å². The molecule has 0 unspecified atom stereocenters. The highest BCUT2D eigenvalue weighted by Gasteiger charge is 2.19. The molecule has 2 nitrogen and oxygen atoms in total. The van der Waals surface area contributed by atoms with E-state index in [4.69, 9.17) is 0 Å². The van der Waals surface area contributed by atoms with Crippen molar-refractivity contribution in [2.45, 2.75) is 6.42 Å². The molecule has 1 fully saturated rings. The summed E-state index contributed by atoms with van der Waals surface area (Å²) in [6.07, 6.45) is 0.669. The quantitative estimate of drug-likeness (QED) is 0.446. The van der Waals surface area contributed by atoms with Crippen molar-refractivity contribution in [1.82, 2.24) is 0 Å². The molecule has 0 aromatic rings. The summed E-state index contributed by atoms with van der Waals surface area (Å²) in [4.78, 5) is 0. The topological polar surface area (TPSA) is 34.1 Å². The fraction of sp³-hybridized carbons (Fsp3) is 0.600. The van der Waals surface area contributed by atoms with Gasteiger partial charge in [-0.05, 0) is 6.42 Å². The van der Waals surface area contributed by atoms with Crippen LogP contribution in [0.5, 0.6) is 0 Å². The fourth-order valence-electron chi connectivity index (χ4n) is 0.755. The summed E-state index contributed by atoms with van der Waals surface area (Å²) in [6.45, 7) is 3.57. The molecule has 8 heavy (non-hydrogen) atoms. The first-order valence-electron chi connectivity index (χ1n) is 2.47. The zero-order valence-electron chi connectivity index (χ0n) is 4.55. The number of sulfone groups is 1. The van der Waals surface area contributed by atoms with E-state index < -0.39 is 9.84 Å². The first kappa shape index (κ1) is 5.82. The number of rotatable bonds is 0. The molecular formula is C5H8O2S. The second kappa shape index (κ2) is 1.58. The lowest BCUT2D eigenvalue weighted by Gasteiger charge is -1.82. The Morgan fingerprint density at radius 2 is 2.12 bits per heavy atom. The van der Waals surface area contributed by atoms with Crippen LogP contribution in [0.1, 0.15) is 6.42 Å². The minimum atomic E-state index is -2.70. The molecule has 0 atom stereocenters. The predicted octanol–water partition coefficient (Wildman–Crippen LogP) is 0.361. The minimum absolute atomic E-state index is 0.215. The summed E-state index contributed by atoms with van der Waals surface area (Å²) in [5, 5.41) is 0. The summed E-state index contributed by atoms with van der Waals surface area (Å²) >= 11 is 0. The Morgan fingerprint density at radius 1 is 1.50 bits per heavy atom. The predicted molar refractivity (Wildman–Crippen MR) is 32.4 cm³/mol. The third-order valence-corrected chi connectivity index (χ3v) is 2.86. The lowest BCUT2D eigenvalue weighted by atomic mass is 10.3. The lowest BCUT2D eigenvalue weighted by molar-refractivity contribution is 0.602. The van der Waals surface area contributed by atoms with Gasteiger partial charge in [0.15, 0.2) is 9.84 Å². The van der Waals surface area contributed by atoms with Gasteiger partial charge in [-0.25, -0.2) is 8.42 Å². The Kier molecular flexibility index (Phi) is 1.15. The molecule has 0 radical (unpaired) electrons. The van der Waals surface area contributed by atoms with Crippen LogP contribution in [0.25, 0.3) is 0 Å². The molecule has 0 N–H and O–H groups in total. The van der Waals surface area contributed by atoms with Crippen molar-refractivity contribution >= 4 is 9.84 Å². The summed E-state index contributed by atoms with van der Waals surface area (Å²) in [7, 11) is -2.70. The summed E-state index contributed by atoms with van der Waals surface area (Å²) in [6, 6.07) is 0. The maximum atomic E-state index is 10.6. The largest absolute Gasteiger partial charge is 0.228 e. The maximum Gasteiger partial charge on any atom is 0.154 e. The molecule has 0 spiro atoms. The van der Waals surface area contributed by atoms with Gasteiger partial charge in [0.25, 0.3) is 0 Å². The van der Waals surface area contributed by atoms with Crippen molar-refractivity contribution in [1.29, 1.82) is 0 Å². The third kappa shape index (κ3) is 1.10. The smallest absolute Gasteiger partial charge is 0.154 e. The van der Waals surface area contributed by atoms with E-state index in [9.17, 15) is 8.42 Å². The van der Waals surface area contributed by atoms with Gasteiger partial charge in [-0.3, -0.25) is 0 Å². The van der Waals surface area contributed by atoms with Crippen molar-refractivity contribution in [3.05, 3.63) is 12.2 Å². The number of hydrogen-bond donors (Lipinski definition) is 0. The summed E-state index contributed by atoms with van der Waals surface area (Å²) in [5.74, 6) is 0.527. The van der Waals surface area contributed by atoms with Crippen LogP contribution in [0.2, 0.25) is 0 Å². The highest BCUT2D eigenvalue weighted by molar-refractivity contribution is 7.91. The van der Waals surface area contributed by atoms with Crippen LogP contribution >= 0.6 is 0 Å². The first-order chi connectivity index (χ1) is 3.60. The monoisotopic (exact) mass is 132 g/mol. The van der Waals surface area contributed by atoms with E-state index >= 15 is 0 Å². The highest BCUT2D eigenvalue weighted by atomic mass is 32.2. The molecule has 0 amide bonds. The average Bonchev–Trinajstić information content (AvgIpc) is 1.82. The van der Waals surface area contributed by atoms with E-state index in [1.54, 1.807) is 0 Å². The van der Waals surface area contributed by atoms with Crippen molar-refractivity contribution in [3.8, 4) is 0 Å². The Morgan fingerprint density at radius 3 is 2.25 bits per heavy atom. The molecule has 0 aromatic heterocycles. The Labute approximate surface area is 49.1 Å². The molecule has 1 aliphatic heterocycles. The molecule has 1 heterocycles. The van der Waals surface area contributed by atoms with Crippen LogP contribution in [-0.4, -0.2) is 19.9 Å². The maximum absolute atomic E-state index is 10.6. The summed E-state index contributed by atoms with van der Waals surface area (Å²) in [5.41, 5.74) is 0.852. The molecule has 0 aliphatic carbocycles. The van der Waals surface area contributed by atoms with E-state index in [2.05, 4.69) is 6.58 Å². The van der Waals surface area contributed by atoms with E-state index in [1.165, 1.54) is 0 Å². The van der Waals surface area contributed by atoms with Gasteiger partial charge in [-0.1, -0.05) is 12.2 Å². The van der Waals surface area contributed by atoms with Crippen LogP contribution in [0.3, 0.4) is 0 Å². The van der Waals surface area contributed by atoms with Crippen molar-refractivity contribution in [3.63, 3.8) is 0 Å². The molecule has 0 bridgehead atoms. The second-order valence-corrected chi connectivity index (χ2v) is 4.28. The SMILES string of the molecule is C=C1CCS(=O)(=O)C1. The molecule has 46 valence electrons. The molecule has 1 rings (SSSR count). The normalized spacial score (nSPS) is 26.2. The van der Waals surface area contributed by atoms with Gasteiger partial charge in [-0.15, -0.1) is 0 Å². The molecule has 1 aliphatic rings. The van der Waals surface area contributed by atoms with Crippen molar-refractivity contribution < 1.29 is 8.42 Å². The molecular weight excluding hydrogens is 124 g/mol. The van der Waals surface area contributed by atoms with Crippen LogP contribution in [-0.2, 0) is 9.84 Å². The standard InChI is InChI=1S/C5H8O2S/c1-5-2-3-8(6,7)4-5/h1-4H2. The van der Waals surface area contributed by atoms with E-state index in [0.717, 1.165) is 5.57 Å². The molecule has 3 heteroatoms. The number of hydrogen-bond acceptors (Lipinski definition) is 2. The van der Waals surface area contributed by atoms with E-state index in [1.807, 2.05) is 0 Å². The first-order valence-corrected chi connectivity index (χ1v) is 4.29. The van der Waals surface area contributed by atoms with Crippen molar-refractivity contribution in [2.75, 3.05) is 11.5 Å². The Hall–Kier alpha value is -0.310. The molecule has 1 saturated heterocycles. The van der Waals surface area contributed by atoms with Gasteiger partial charge >= 0.3 is 0 Å². The van der Waals surface area contributed by atoms with Crippen LogP contribution in [0.15, 0.2) is 12.2 Å². The Bertz CT molecular complexity index is 200. The highest BCUT2D eigenvalue weighted by Crippen LogP contribution is 2.14. The van der Waals surface area contributed by atoms with Gasteiger partial charge in [0.2, 0.25) is 0 Å². The molecule has 0 saturated carbocycles. The van der Waals surface area contributed by atoms with Gasteiger partial charge in [-0.2, -0.15) is 0 Å². The zero-order valence-corrected chi connectivity index (χ0v) is 5.37. The van der Waals surface area contributed by atoms with E-state index in [-0.39, 0.29) is 5.75 Å². The lowest BCUT2D eigenvalue weighted by Crippen LogP contribution is -1.99. The summed E-state index contributed by atoms with van der Waals surface area (Å²) < 4.78 is 21.2. The minimum Gasteiger partial charge on any atom is -0.228 e. The molecule has 0 aromatic carbocycles. The van der Waals surface area contributed by atoms with Crippen LogP contribution in [0, 0.1) is 0 Å². The average molecular weight is 132 g/mol. The Balaban J connectivity index is 2.86. The van der Waals surface area contributed by atoms with Gasteiger partial charge in [0.1, 0.15) is 0 Å². The van der Waals surface area contributed by atoms with Gasteiger partial charge in [0.05, 0.1) is 11.5 Å². The van der Waals surface area contributed by atoms with Crippen LogP contribution in [0.4, 0.5) is 0 Å².